The number of fused-ring (bicyclic) bond motifs is 1. The molecule has 0 aliphatic carbocycles. The minimum Gasteiger partial charge on any atom is -0.454 e. The zero-order chi connectivity index (χ0) is 20.4. The van der Waals surface area contributed by atoms with Gasteiger partial charge in [-0.05, 0) is 31.0 Å². The van der Waals surface area contributed by atoms with Gasteiger partial charge >= 0.3 is 11.7 Å². The number of hydrogen-bond acceptors (Lipinski definition) is 5. The lowest BCUT2D eigenvalue weighted by Gasteiger charge is -2.06. The van der Waals surface area contributed by atoms with Gasteiger partial charge in [0.15, 0.2) is 11.2 Å². The number of halogens is 1. The fourth-order valence-electron chi connectivity index (χ4n) is 2.88. The Morgan fingerprint density at radius 1 is 1.32 bits per heavy atom. The third-order valence-corrected chi connectivity index (χ3v) is 4.58. The number of carbonyl (C=O) groups excluding carboxylic acids is 1. The van der Waals surface area contributed by atoms with E-state index in [1.165, 1.54) is 21.3 Å². The first kappa shape index (κ1) is 19.5. The number of benzene rings is 1. The normalized spacial score (nSPS) is 11.1. The van der Waals surface area contributed by atoms with E-state index in [2.05, 4.69) is 9.97 Å². The lowest BCUT2D eigenvalue weighted by Crippen LogP contribution is -2.31. The number of aromatic amines is 1. The van der Waals surface area contributed by atoms with E-state index in [1.807, 2.05) is 6.92 Å². The molecule has 1 N–H and O–H groups in total. The lowest BCUT2D eigenvalue weighted by atomic mass is 10.1. The predicted octanol–water partition coefficient (Wildman–Crippen LogP) is 2.03. The Bertz CT molecular complexity index is 1160. The van der Waals surface area contributed by atoms with Gasteiger partial charge in [-0.3, -0.25) is 14.3 Å². The van der Waals surface area contributed by atoms with Crippen molar-refractivity contribution in [2.24, 2.45) is 7.05 Å². The van der Waals surface area contributed by atoms with Crippen molar-refractivity contribution in [3.63, 3.8) is 0 Å². The molecule has 3 rings (SSSR count). The molecule has 1 aromatic carbocycles. The van der Waals surface area contributed by atoms with Crippen LogP contribution in [0.5, 0.6) is 0 Å². The van der Waals surface area contributed by atoms with Crippen LogP contribution in [0.4, 0.5) is 4.39 Å². The highest BCUT2D eigenvalue weighted by molar-refractivity contribution is 5.89. The Morgan fingerprint density at radius 2 is 2.07 bits per heavy atom. The quantitative estimate of drug-likeness (QED) is 0.652. The topological polar surface area (TPSA) is 99.0 Å². The average Bonchev–Trinajstić information content (AvgIpc) is 2.98. The van der Waals surface area contributed by atoms with Crippen molar-refractivity contribution in [2.75, 3.05) is 0 Å². The maximum Gasteiger partial charge on any atom is 0.338 e. The van der Waals surface area contributed by atoms with Gasteiger partial charge in [0, 0.05) is 13.6 Å². The summed E-state index contributed by atoms with van der Waals surface area (Å²) in [6, 6.07) is 4.08. The molecule has 0 aliphatic rings. The van der Waals surface area contributed by atoms with Crippen LogP contribution < -0.4 is 11.2 Å². The van der Waals surface area contributed by atoms with Crippen molar-refractivity contribution in [3.8, 4) is 0 Å². The summed E-state index contributed by atoms with van der Waals surface area (Å²) in [5.74, 6) is -0.899. The van der Waals surface area contributed by atoms with Crippen LogP contribution in [0.2, 0.25) is 0 Å². The Hall–Kier alpha value is -3.23. The summed E-state index contributed by atoms with van der Waals surface area (Å²) in [7, 11) is 1.61. The Labute approximate surface area is 159 Å². The standard InChI is InChI=1S/C19H21FN4O4/c1-4-5-8-24-16-15(17(25)22-19(24)27)23(3)14(21-16)10-28-18(26)12-7-6-11(2)13(20)9-12/h6-7,9H,4-5,8,10H2,1-3H3,(H,22,25,27). The number of rotatable bonds is 6. The molecule has 0 aliphatic heterocycles. The number of carbonyl (C=O) groups is 1. The van der Waals surface area contributed by atoms with Crippen molar-refractivity contribution < 1.29 is 13.9 Å². The molecule has 2 heterocycles. The first-order valence-electron chi connectivity index (χ1n) is 8.95. The van der Waals surface area contributed by atoms with Crippen LogP contribution in [-0.4, -0.2) is 25.1 Å². The molecule has 9 heteroatoms. The first-order valence-corrected chi connectivity index (χ1v) is 8.95. The van der Waals surface area contributed by atoms with Crippen LogP contribution in [0.15, 0.2) is 27.8 Å². The van der Waals surface area contributed by atoms with E-state index < -0.39 is 23.0 Å². The monoisotopic (exact) mass is 388 g/mol. The maximum absolute atomic E-state index is 13.6. The first-order chi connectivity index (χ1) is 13.3. The number of aromatic nitrogens is 4. The molecule has 0 bridgehead atoms. The smallest absolute Gasteiger partial charge is 0.338 e. The minimum absolute atomic E-state index is 0.0829. The Balaban J connectivity index is 1.91. The van der Waals surface area contributed by atoms with Gasteiger partial charge in [0.1, 0.15) is 18.2 Å². The van der Waals surface area contributed by atoms with Crippen LogP contribution in [0.25, 0.3) is 11.2 Å². The molecule has 0 fully saturated rings. The highest BCUT2D eigenvalue weighted by Crippen LogP contribution is 2.14. The summed E-state index contributed by atoms with van der Waals surface area (Å²) in [6.07, 6.45) is 1.62. The fraction of sp³-hybridized carbons (Fsp3) is 0.368. The number of H-pyrrole nitrogens is 1. The van der Waals surface area contributed by atoms with Gasteiger partial charge in [-0.1, -0.05) is 19.4 Å². The second-order valence-corrected chi connectivity index (χ2v) is 6.56. The van der Waals surface area contributed by atoms with Crippen molar-refractivity contribution in [1.82, 2.24) is 19.1 Å². The third kappa shape index (κ3) is 3.60. The number of unbranched alkanes of at least 4 members (excludes halogenated alkanes) is 1. The van der Waals surface area contributed by atoms with E-state index in [0.717, 1.165) is 18.9 Å². The molecule has 3 aromatic rings. The molecular formula is C19H21FN4O4. The van der Waals surface area contributed by atoms with E-state index in [1.54, 1.807) is 14.0 Å². The number of esters is 1. The van der Waals surface area contributed by atoms with Crippen molar-refractivity contribution in [3.05, 3.63) is 61.8 Å². The average molecular weight is 388 g/mol. The van der Waals surface area contributed by atoms with E-state index in [-0.39, 0.29) is 23.3 Å². The summed E-state index contributed by atoms with van der Waals surface area (Å²) < 4.78 is 21.8. The van der Waals surface area contributed by atoms with E-state index >= 15 is 0 Å². The largest absolute Gasteiger partial charge is 0.454 e. The van der Waals surface area contributed by atoms with Gasteiger partial charge in [-0.15, -0.1) is 0 Å². The van der Waals surface area contributed by atoms with Crippen molar-refractivity contribution in [1.29, 1.82) is 0 Å². The number of hydrogen-bond donors (Lipinski definition) is 1. The van der Waals surface area contributed by atoms with E-state index in [4.69, 9.17) is 4.74 Å². The van der Waals surface area contributed by atoms with Gasteiger partial charge in [0.05, 0.1) is 5.56 Å². The minimum atomic E-state index is -0.705. The van der Waals surface area contributed by atoms with E-state index in [9.17, 15) is 18.8 Å². The van der Waals surface area contributed by atoms with Gasteiger partial charge in [0.2, 0.25) is 0 Å². The second kappa shape index (κ2) is 7.79. The van der Waals surface area contributed by atoms with Crippen LogP contribution in [0.3, 0.4) is 0 Å². The van der Waals surface area contributed by atoms with Gasteiger partial charge < -0.3 is 9.30 Å². The fourth-order valence-corrected chi connectivity index (χ4v) is 2.88. The molecule has 8 nitrogen and oxygen atoms in total. The molecule has 0 saturated carbocycles. The molecule has 0 saturated heterocycles. The van der Waals surface area contributed by atoms with Gasteiger partial charge in [-0.2, -0.15) is 0 Å². The molecule has 0 amide bonds. The Morgan fingerprint density at radius 3 is 2.75 bits per heavy atom. The Kier molecular flexibility index (Phi) is 5.43. The van der Waals surface area contributed by atoms with Crippen LogP contribution in [-0.2, 0) is 24.9 Å². The van der Waals surface area contributed by atoms with Gasteiger partial charge in [0.25, 0.3) is 5.56 Å². The summed E-state index contributed by atoms with van der Waals surface area (Å²) in [4.78, 5) is 43.2. The molecule has 0 atom stereocenters. The van der Waals surface area contributed by atoms with Crippen molar-refractivity contribution in [2.45, 2.75) is 39.8 Å². The zero-order valence-electron chi connectivity index (χ0n) is 15.9. The second-order valence-electron chi connectivity index (χ2n) is 6.56. The number of aryl methyl sites for hydroxylation is 3. The predicted molar refractivity (Wildman–Crippen MR) is 101 cm³/mol. The molecule has 28 heavy (non-hydrogen) atoms. The highest BCUT2D eigenvalue weighted by atomic mass is 19.1. The molecule has 2 aromatic heterocycles. The molecule has 0 spiro atoms. The third-order valence-electron chi connectivity index (χ3n) is 4.58. The molecular weight excluding hydrogens is 367 g/mol. The lowest BCUT2D eigenvalue weighted by molar-refractivity contribution is 0.0459. The summed E-state index contributed by atoms with van der Waals surface area (Å²) in [5, 5.41) is 0. The van der Waals surface area contributed by atoms with E-state index in [0.29, 0.717) is 17.9 Å². The molecule has 0 radical (unpaired) electrons. The molecule has 148 valence electrons. The number of imidazole rings is 1. The zero-order valence-corrected chi connectivity index (χ0v) is 15.9. The number of ether oxygens (including phenoxy) is 1. The summed E-state index contributed by atoms with van der Waals surface area (Å²) in [6.45, 7) is 3.78. The van der Waals surface area contributed by atoms with Crippen LogP contribution in [0, 0.1) is 12.7 Å². The SMILES string of the molecule is CCCCn1c(=O)[nH]c(=O)c2c1nc(COC(=O)c1ccc(C)c(F)c1)n2C. The summed E-state index contributed by atoms with van der Waals surface area (Å²) in [5.41, 5.74) is -0.0975. The molecule has 0 unspecified atom stereocenters. The maximum atomic E-state index is 13.6. The van der Waals surface area contributed by atoms with Crippen LogP contribution >= 0.6 is 0 Å². The van der Waals surface area contributed by atoms with Gasteiger partial charge in [-0.25, -0.2) is 19.0 Å². The van der Waals surface area contributed by atoms with Crippen molar-refractivity contribution >= 4 is 17.1 Å². The highest BCUT2D eigenvalue weighted by Gasteiger charge is 2.18. The number of nitrogens with one attached hydrogen (secondary N) is 1. The summed E-state index contributed by atoms with van der Waals surface area (Å²) >= 11 is 0. The number of nitrogens with zero attached hydrogens (tertiary/aromatic N) is 3. The van der Waals surface area contributed by atoms with Crippen LogP contribution in [0.1, 0.15) is 41.5 Å².